The summed E-state index contributed by atoms with van der Waals surface area (Å²) in [6, 6.07) is 75.0. The highest BCUT2D eigenvalue weighted by molar-refractivity contribution is 6.30. The molecule has 0 atom stereocenters. The molecule has 0 bridgehead atoms. The smallest absolute Gasteiger partial charge is 0.123 e. The average molecular weight is 1290 g/mol. The molecule has 94 heavy (non-hydrogen) atoms. The molecule has 0 aliphatic heterocycles. The number of hydrogen-bond donors (Lipinski definition) is 0. The molecule has 0 heterocycles. The predicted molar refractivity (Wildman–Crippen MR) is 421 cm³/mol. The summed E-state index contributed by atoms with van der Waals surface area (Å²) in [4.78, 5) is 0. The lowest BCUT2D eigenvalue weighted by Gasteiger charge is -2.08. The van der Waals surface area contributed by atoms with Gasteiger partial charge in [-0.1, -0.05) is 356 Å². The average Bonchev–Trinajstić information content (AvgIpc) is 3.22. The first-order valence-corrected chi connectivity index (χ1v) is 34.7. The van der Waals surface area contributed by atoms with Gasteiger partial charge in [0.15, 0.2) is 0 Å². The highest BCUT2D eigenvalue weighted by Crippen LogP contribution is 2.23. The largest absolute Gasteiger partial charge is 0.497 e. The van der Waals surface area contributed by atoms with Gasteiger partial charge in [0.2, 0.25) is 0 Å². The molecular weight excluding hydrogens is 1160 g/mol. The third-order valence-corrected chi connectivity index (χ3v) is 16.2. The molecule has 1 nitrogen and oxygen atoms in total. The SMILES string of the molecule is C.CC(C)c1ccc(C(C)C)cc1.CC(C)c1ccc(Cl)cc1.CC(C)c1ccc(F)cc1.CC(C)c1ccccc1.COc1ccc(C(C)C)cc1.Cc1ccc(C(C)C)cc1.Cc1ccc(C(C)C)cc1C.Cc1cccc(C(C)C)c1.Cc1cccc(C(C)C)c1. The Labute approximate surface area is 582 Å². The van der Waals surface area contributed by atoms with E-state index in [9.17, 15) is 4.39 Å². The topological polar surface area (TPSA) is 9.23 Å². The number of halogens is 2. The summed E-state index contributed by atoms with van der Waals surface area (Å²) >= 11 is 5.72. The molecule has 9 aromatic rings. The van der Waals surface area contributed by atoms with Gasteiger partial charge in [-0.05, 0) is 197 Å². The van der Waals surface area contributed by atoms with E-state index < -0.39 is 0 Å². The summed E-state index contributed by atoms with van der Waals surface area (Å²) in [6.45, 7) is 54.6. The highest BCUT2D eigenvalue weighted by atomic mass is 35.5. The molecule has 9 aromatic carbocycles. The molecule has 512 valence electrons. The first kappa shape index (κ1) is 87.0. The molecule has 0 spiro atoms. The number of rotatable bonds is 11. The molecule has 3 heteroatoms. The lowest BCUT2D eigenvalue weighted by molar-refractivity contribution is 0.414. The summed E-state index contributed by atoms with van der Waals surface area (Å²) in [5.74, 6) is 7.00. The van der Waals surface area contributed by atoms with Crippen LogP contribution in [0.25, 0.3) is 0 Å². The molecule has 0 fully saturated rings. The third kappa shape index (κ3) is 37.8. The van der Waals surface area contributed by atoms with Gasteiger partial charge in [0.25, 0.3) is 0 Å². The van der Waals surface area contributed by atoms with Crippen LogP contribution in [0.4, 0.5) is 4.39 Å². The van der Waals surface area contributed by atoms with Gasteiger partial charge in [-0.15, -0.1) is 0 Å². The van der Waals surface area contributed by atoms with Crippen molar-refractivity contribution in [3.63, 3.8) is 0 Å². The van der Waals surface area contributed by atoms with Crippen LogP contribution >= 0.6 is 11.6 Å². The standard InChI is InChI=1S/C12H18.C11H16.C10H14O.3C10H14.C9H11Cl.C9H11F.C9H12.CH4/c1-9(2)11-5-7-12(8-6-11)10(3)4;1-8(2)11-6-5-9(3)10(4)7-11;1-8(2)9-4-6-10(11-3)7-5-9;1-8(2)10-6-4-9(3)5-7-10;2*1-8(2)10-6-4-5-9(3)7-10;2*1-7(2)8-3-5-9(10)6-4-8;1-8(2)9-6-4-3-5-7-9;/h5-10H,1-4H3;5-8H,1-4H3;4-8H,1-3H3;3*4-8H,1-3H3;2*3-7H,1-2H3;3-8H,1-2H3;1H4. The Balaban J connectivity index is 0.00000103. The molecule has 0 aromatic heterocycles. The van der Waals surface area contributed by atoms with Crippen LogP contribution < -0.4 is 4.74 Å². The van der Waals surface area contributed by atoms with Crippen molar-refractivity contribution in [3.8, 4) is 5.75 Å². The van der Waals surface area contributed by atoms with E-state index in [1.165, 1.54) is 95.6 Å². The van der Waals surface area contributed by atoms with Crippen LogP contribution in [0.5, 0.6) is 5.75 Å². The molecule has 0 amide bonds. The van der Waals surface area contributed by atoms with Crippen LogP contribution in [-0.4, -0.2) is 7.11 Å². The number of hydrogen-bond acceptors (Lipinski definition) is 1. The van der Waals surface area contributed by atoms with Crippen LogP contribution in [0.2, 0.25) is 5.02 Å². The maximum absolute atomic E-state index is 12.4. The Morgan fingerprint density at radius 2 is 0.511 bits per heavy atom. The van der Waals surface area contributed by atoms with E-state index in [2.05, 4.69) is 337 Å². The third-order valence-electron chi connectivity index (χ3n) is 16.0. The molecule has 0 aliphatic rings. The lowest BCUT2D eigenvalue weighted by atomic mass is 9.97. The number of aryl methyl sites for hydroxylation is 5. The minimum atomic E-state index is -0.163. The van der Waals surface area contributed by atoms with Gasteiger partial charge in [0.05, 0.1) is 7.11 Å². The van der Waals surface area contributed by atoms with E-state index in [1.54, 1.807) is 7.11 Å². The second kappa shape index (κ2) is 47.8. The van der Waals surface area contributed by atoms with Crippen LogP contribution in [0.1, 0.15) is 289 Å². The van der Waals surface area contributed by atoms with E-state index >= 15 is 0 Å². The van der Waals surface area contributed by atoms with Crippen LogP contribution in [0.15, 0.2) is 218 Å². The normalized spacial score (nSPS) is 10.4. The van der Waals surface area contributed by atoms with Crippen LogP contribution in [0.3, 0.4) is 0 Å². The lowest BCUT2D eigenvalue weighted by Crippen LogP contribution is -1.90. The minimum absolute atomic E-state index is 0. The quantitative estimate of drug-likeness (QED) is 0.125. The Kier molecular flexibility index (Phi) is 44.3. The zero-order valence-corrected chi connectivity index (χ0v) is 63.5. The maximum atomic E-state index is 12.4. The van der Waals surface area contributed by atoms with E-state index in [0.717, 1.165) is 10.8 Å². The Bertz CT molecular complexity index is 3110. The van der Waals surface area contributed by atoms with E-state index in [-0.39, 0.29) is 13.2 Å². The second-order valence-corrected chi connectivity index (χ2v) is 28.0. The van der Waals surface area contributed by atoms with E-state index in [1.807, 2.05) is 42.5 Å². The van der Waals surface area contributed by atoms with Crippen molar-refractivity contribution in [3.05, 3.63) is 313 Å². The van der Waals surface area contributed by atoms with Crippen molar-refractivity contribution in [2.24, 2.45) is 0 Å². The van der Waals surface area contributed by atoms with Crippen molar-refractivity contribution in [2.45, 2.75) is 240 Å². The summed E-state index contributed by atoms with van der Waals surface area (Å²) in [6.07, 6.45) is 0. The van der Waals surface area contributed by atoms with Gasteiger partial charge >= 0.3 is 0 Å². The fourth-order valence-corrected chi connectivity index (χ4v) is 9.05. The summed E-state index contributed by atoms with van der Waals surface area (Å²) in [5.41, 5.74) is 20.7. The van der Waals surface area contributed by atoms with Gasteiger partial charge in [0.1, 0.15) is 11.6 Å². The summed E-state index contributed by atoms with van der Waals surface area (Å²) in [7, 11) is 1.68. The molecule has 0 aliphatic carbocycles. The fraction of sp³-hybridized carbons (Fsp3) is 0.407. The molecule has 0 radical (unpaired) electrons. The molecule has 0 unspecified atom stereocenters. The van der Waals surface area contributed by atoms with Crippen LogP contribution in [-0.2, 0) is 0 Å². The van der Waals surface area contributed by atoms with E-state index in [4.69, 9.17) is 16.3 Å². The Morgan fingerprint density at radius 1 is 0.255 bits per heavy atom. The van der Waals surface area contributed by atoms with Crippen molar-refractivity contribution in [1.29, 1.82) is 0 Å². The minimum Gasteiger partial charge on any atom is -0.497 e. The first-order valence-electron chi connectivity index (χ1n) is 34.3. The monoisotopic (exact) mass is 1290 g/mol. The van der Waals surface area contributed by atoms with Crippen molar-refractivity contribution in [1.82, 2.24) is 0 Å². The van der Waals surface area contributed by atoms with Gasteiger partial charge in [0, 0.05) is 5.02 Å². The highest BCUT2D eigenvalue weighted by Gasteiger charge is 2.04. The second-order valence-electron chi connectivity index (χ2n) is 27.6. The summed E-state index contributed by atoms with van der Waals surface area (Å²) in [5, 5.41) is 0.810. The molecule has 0 saturated heterocycles. The number of ether oxygens (including phenoxy) is 1. The Hall–Kier alpha value is -7.00. The van der Waals surface area contributed by atoms with Gasteiger partial charge in [-0.25, -0.2) is 4.39 Å². The fourth-order valence-electron chi connectivity index (χ4n) is 8.92. The zero-order valence-electron chi connectivity index (χ0n) is 62.7. The van der Waals surface area contributed by atoms with Gasteiger partial charge in [-0.2, -0.15) is 0 Å². The molecule has 9 rings (SSSR count). The molecule has 0 saturated carbocycles. The van der Waals surface area contributed by atoms with Gasteiger partial charge < -0.3 is 4.74 Å². The maximum Gasteiger partial charge on any atom is 0.123 e. The first-order chi connectivity index (χ1) is 43.8. The molecular formula is C91H128ClFO. The zero-order chi connectivity index (χ0) is 70.3. The van der Waals surface area contributed by atoms with Crippen LogP contribution in [0, 0.1) is 40.4 Å². The van der Waals surface area contributed by atoms with E-state index in [0.29, 0.717) is 59.2 Å². The van der Waals surface area contributed by atoms with Gasteiger partial charge in [-0.3, -0.25) is 0 Å². The molecule has 0 N–H and O–H groups in total. The predicted octanol–water partition coefficient (Wildman–Crippen LogP) is 29.4. The number of benzene rings is 9. The van der Waals surface area contributed by atoms with Crippen molar-refractivity contribution in [2.75, 3.05) is 7.11 Å². The Morgan fingerprint density at radius 3 is 0.787 bits per heavy atom. The van der Waals surface area contributed by atoms with Crippen molar-refractivity contribution < 1.29 is 9.13 Å². The summed E-state index contributed by atoms with van der Waals surface area (Å²) < 4.78 is 17.4. The van der Waals surface area contributed by atoms with Crippen molar-refractivity contribution >= 4 is 11.6 Å². The number of methoxy groups -OCH3 is 1.